The van der Waals surface area contributed by atoms with Gasteiger partial charge in [0.05, 0.1) is 6.21 Å². The lowest BCUT2D eigenvalue weighted by molar-refractivity contribution is -0.123. The summed E-state index contributed by atoms with van der Waals surface area (Å²) >= 11 is 3.40. The van der Waals surface area contributed by atoms with Gasteiger partial charge in [-0.2, -0.15) is 5.10 Å². The maximum atomic E-state index is 11.8. The highest BCUT2D eigenvalue weighted by Gasteiger charge is 2.05. The number of nitrogens with zero attached hydrogens (tertiary/aromatic N) is 1. The Morgan fingerprint density at radius 2 is 1.89 bits per heavy atom. The number of carbonyl (C=O) groups is 1. The van der Waals surface area contributed by atoms with Crippen LogP contribution in [0.2, 0.25) is 0 Å². The summed E-state index contributed by atoms with van der Waals surface area (Å²) in [6, 6.07) is 17.1. The molecule has 1 aromatic heterocycles. The van der Waals surface area contributed by atoms with E-state index in [1.165, 1.54) is 11.8 Å². The van der Waals surface area contributed by atoms with Gasteiger partial charge >= 0.3 is 0 Å². The second-order valence-corrected chi connectivity index (χ2v) is 6.95. The van der Waals surface area contributed by atoms with E-state index in [2.05, 4.69) is 26.5 Å². The highest BCUT2D eigenvalue weighted by atomic mass is 79.9. The predicted molar refractivity (Wildman–Crippen MR) is 109 cm³/mol. The Morgan fingerprint density at radius 1 is 1.11 bits per heavy atom. The molecule has 1 amide bonds. The highest BCUT2D eigenvalue weighted by molar-refractivity contribution is 9.10. The van der Waals surface area contributed by atoms with Crippen molar-refractivity contribution < 1.29 is 13.9 Å². The maximum absolute atomic E-state index is 11.8. The predicted octanol–water partition coefficient (Wildman–Crippen LogP) is 4.86. The minimum absolute atomic E-state index is 0.109. The number of hydrogen-bond acceptors (Lipinski definition) is 4. The third-order valence-electron chi connectivity index (χ3n) is 3.98. The van der Waals surface area contributed by atoms with Gasteiger partial charge in [-0.3, -0.25) is 4.79 Å². The van der Waals surface area contributed by atoms with Crippen LogP contribution in [0.1, 0.15) is 16.9 Å². The van der Waals surface area contributed by atoms with Crippen LogP contribution in [0.5, 0.6) is 5.75 Å². The van der Waals surface area contributed by atoms with Gasteiger partial charge in [-0.25, -0.2) is 5.43 Å². The Kier molecular flexibility index (Phi) is 6.08. The zero-order chi connectivity index (χ0) is 19.2. The Morgan fingerprint density at radius 3 is 2.63 bits per heavy atom. The molecular weight excluding hydrogens is 408 g/mol. The van der Waals surface area contributed by atoms with E-state index in [-0.39, 0.29) is 12.5 Å². The Hall–Kier alpha value is -2.86. The number of hydrogen-bond donors (Lipinski definition) is 1. The van der Waals surface area contributed by atoms with E-state index in [1.807, 2.05) is 62.4 Å². The summed E-state index contributed by atoms with van der Waals surface area (Å²) in [7, 11) is 0. The first-order valence-electron chi connectivity index (χ1n) is 8.39. The lowest BCUT2D eigenvalue weighted by atomic mass is 10.1. The standard InChI is InChI=1S/C21H19BrN2O3/c1-14-3-8-18(11-15(14)2)26-13-21(25)24-23-12-19-9-10-20(27-19)16-4-6-17(22)7-5-16/h3-12H,13H2,1-2H3,(H,24,25)/b23-12+. The monoisotopic (exact) mass is 426 g/mol. The highest BCUT2D eigenvalue weighted by Crippen LogP contribution is 2.23. The quantitative estimate of drug-likeness (QED) is 0.452. The first kappa shape index (κ1) is 18.9. The van der Waals surface area contributed by atoms with Crippen LogP contribution in [0.4, 0.5) is 0 Å². The molecule has 5 nitrogen and oxygen atoms in total. The van der Waals surface area contributed by atoms with Crippen molar-refractivity contribution in [3.05, 3.63) is 76.0 Å². The number of benzene rings is 2. The second-order valence-electron chi connectivity index (χ2n) is 6.04. The third-order valence-corrected chi connectivity index (χ3v) is 4.51. The van der Waals surface area contributed by atoms with Crippen LogP contribution >= 0.6 is 15.9 Å². The molecule has 0 aliphatic rings. The average Bonchev–Trinajstić information content (AvgIpc) is 3.12. The van der Waals surface area contributed by atoms with Crippen LogP contribution in [0.25, 0.3) is 11.3 Å². The van der Waals surface area contributed by atoms with E-state index in [0.717, 1.165) is 21.4 Å². The summed E-state index contributed by atoms with van der Waals surface area (Å²) in [6.07, 6.45) is 1.45. The van der Waals surface area contributed by atoms with Crippen molar-refractivity contribution in [1.29, 1.82) is 0 Å². The molecule has 3 aromatic rings. The van der Waals surface area contributed by atoms with Crippen LogP contribution in [-0.2, 0) is 4.79 Å². The van der Waals surface area contributed by atoms with Crippen LogP contribution in [0.3, 0.4) is 0 Å². The van der Waals surface area contributed by atoms with E-state index in [1.54, 1.807) is 6.07 Å². The number of carbonyl (C=O) groups excluding carboxylic acids is 1. The molecule has 3 rings (SSSR count). The normalized spacial score (nSPS) is 10.9. The largest absolute Gasteiger partial charge is 0.484 e. The number of amides is 1. The van der Waals surface area contributed by atoms with Crippen molar-refractivity contribution >= 4 is 28.1 Å². The van der Waals surface area contributed by atoms with Crippen molar-refractivity contribution in [1.82, 2.24) is 5.43 Å². The molecular formula is C21H19BrN2O3. The topological polar surface area (TPSA) is 63.8 Å². The molecule has 27 heavy (non-hydrogen) atoms. The minimum Gasteiger partial charge on any atom is -0.484 e. The molecule has 1 heterocycles. The van der Waals surface area contributed by atoms with E-state index >= 15 is 0 Å². The van der Waals surface area contributed by atoms with E-state index in [9.17, 15) is 4.79 Å². The molecule has 0 bridgehead atoms. The van der Waals surface area contributed by atoms with Gasteiger partial charge in [0.25, 0.3) is 5.91 Å². The molecule has 0 spiro atoms. The van der Waals surface area contributed by atoms with Crippen LogP contribution < -0.4 is 10.2 Å². The summed E-state index contributed by atoms with van der Waals surface area (Å²) in [5, 5.41) is 3.90. The zero-order valence-corrected chi connectivity index (χ0v) is 16.6. The lowest BCUT2D eigenvalue weighted by Crippen LogP contribution is -2.24. The van der Waals surface area contributed by atoms with Gasteiger partial charge in [0.1, 0.15) is 17.3 Å². The number of hydrazone groups is 1. The molecule has 2 aromatic carbocycles. The molecule has 138 valence electrons. The van der Waals surface area contributed by atoms with Crippen molar-refractivity contribution in [2.45, 2.75) is 13.8 Å². The van der Waals surface area contributed by atoms with Crippen molar-refractivity contribution in [3.63, 3.8) is 0 Å². The molecule has 6 heteroatoms. The number of aryl methyl sites for hydroxylation is 2. The molecule has 0 atom stereocenters. The minimum atomic E-state index is -0.343. The van der Waals surface area contributed by atoms with Crippen LogP contribution in [0, 0.1) is 13.8 Å². The molecule has 1 N–H and O–H groups in total. The van der Waals surface area contributed by atoms with E-state index in [4.69, 9.17) is 9.15 Å². The number of ether oxygens (including phenoxy) is 1. The Balaban J connectivity index is 1.50. The molecule has 0 saturated heterocycles. The first-order chi connectivity index (χ1) is 13.0. The fraction of sp³-hybridized carbons (Fsp3) is 0.143. The second kappa shape index (κ2) is 8.68. The molecule has 0 saturated carbocycles. The van der Waals surface area contributed by atoms with Crippen LogP contribution in [0.15, 0.2) is 68.6 Å². The summed E-state index contributed by atoms with van der Waals surface area (Å²) in [4.78, 5) is 11.8. The van der Waals surface area contributed by atoms with Crippen molar-refractivity contribution in [2.75, 3.05) is 6.61 Å². The molecule has 0 aliphatic carbocycles. The summed E-state index contributed by atoms with van der Waals surface area (Å²) in [5.74, 6) is 1.59. The molecule has 0 aliphatic heterocycles. The van der Waals surface area contributed by atoms with E-state index in [0.29, 0.717) is 11.5 Å². The van der Waals surface area contributed by atoms with Crippen LogP contribution in [-0.4, -0.2) is 18.7 Å². The number of halogens is 1. The molecule has 0 radical (unpaired) electrons. The van der Waals surface area contributed by atoms with Gasteiger partial charge in [-0.05, 0) is 61.4 Å². The number of rotatable bonds is 6. The van der Waals surface area contributed by atoms with Gasteiger partial charge in [0, 0.05) is 10.0 Å². The molecule has 0 fully saturated rings. The summed E-state index contributed by atoms with van der Waals surface area (Å²) in [5.41, 5.74) is 5.68. The maximum Gasteiger partial charge on any atom is 0.277 e. The Bertz CT molecular complexity index is 962. The number of nitrogens with one attached hydrogen (secondary N) is 1. The smallest absolute Gasteiger partial charge is 0.277 e. The fourth-order valence-electron chi connectivity index (χ4n) is 2.34. The average molecular weight is 427 g/mol. The number of furan rings is 1. The lowest BCUT2D eigenvalue weighted by Gasteiger charge is -2.07. The fourth-order valence-corrected chi connectivity index (χ4v) is 2.61. The third kappa shape index (κ3) is 5.31. The van der Waals surface area contributed by atoms with Crippen molar-refractivity contribution in [2.24, 2.45) is 5.10 Å². The summed E-state index contributed by atoms with van der Waals surface area (Å²) in [6.45, 7) is 3.91. The van der Waals surface area contributed by atoms with Gasteiger partial charge in [0.15, 0.2) is 6.61 Å². The summed E-state index contributed by atoms with van der Waals surface area (Å²) < 4.78 is 12.2. The Labute approximate surface area is 166 Å². The van der Waals surface area contributed by atoms with Gasteiger partial charge in [0.2, 0.25) is 0 Å². The SMILES string of the molecule is Cc1ccc(OCC(=O)N/N=C/c2ccc(-c3ccc(Br)cc3)o2)cc1C. The van der Waals surface area contributed by atoms with Gasteiger partial charge in [-0.15, -0.1) is 0 Å². The van der Waals surface area contributed by atoms with Gasteiger partial charge in [-0.1, -0.05) is 34.1 Å². The molecule has 0 unspecified atom stereocenters. The van der Waals surface area contributed by atoms with Crippen molar-refractivity contribution in [3.8, 4) is 17.1 Å². The van der Waals surface area contributed by atoms with Gasteiger partial charge < -0.3 is 9.15 Å². The zero-order valence-electron chi connectivity index (χ0n) is 15.0. The van der Waals surface area contributed by atoms with E-state index < -0.39 is 0 Å². The first-order valence-corrected chi connectivity index (χ1v) is 9.18.